The molecule has 2 aromatic carbocycles. The lowest BCUT2D eigenvalue weighted by atomic mass is 10.0. The number of nitrogens with one attached hydrogen (secondary N) is 1. The van der Waals surface area contributed by atoms with E-state index in [2.05, 4.69) is 53.8 Å². The summed E-state index contributed by atoms with van der Waals surface area (Å²) in [6.45, 7) is 2.80. The van der Waals surface area contributed by atoms with Gasteiger partial charge in [-0.1, -0.05) is 54.6 Å². The van der Waals surface area contributed by atoms with Crippen molar-refractivity contribution < 1.29 is 4.74 Å². The molecule has 0 bridgehead atoms. The second-order valence-corrected chi connectivity index (χ2v) is 5.33. The molecule has 112 valence electrons. The molecule has 3 heteroatoms. The van der Waals surface area contributed by atoms with Gasteiger partial charge in [-0.2, -0.15) is 0 Å². The van der Waals surface area contributed by atoms with Gasteiger partial charge in [-0.05, 0) is 29.5 Å². The molecular formula is C18H22ClNO. The summed E-state index contributed by atoms with van der Waals surface area (Å²) in [6, 6.07) is 19.3. The zero-order valence-corrected chi connectivity index (χ0v) is 12.9. The lowest BCUT2D eigenvalue weighted by molar-refractivity contribution is 0.110. The molecule has 0 aliphatic carbocycles. The number of rotatable bonds is 5. The highest BCUT2D eigenvalue weighted by molar-refractivity contribution is 5.85. The van der Waals surface area contributed by atoms with Crippen LogP contribution in [0.25, 0.3) is 11.1 Å². The minimum absolute atomic E-state index is 0. The smallest absolute Gasteiger partial charge is 0.0700 e. The molecule has 21 heavy (non-hydrogen) atoms. The lowest BCUT2D eigenvalue weighted by Gasteiger charge is -2.11. The predicted molar refractivity (Wildman–Crippen MR) is 89.8 cm³/mol. The van der Waals surface area contributed by atoms with Gasteiger partial charge in [-0.15, -0.1) is 12.4 Å². The Labute approximate surface area is 132 Å². The van der Waals surface area contributed by atoms with E-state index in [1.807, 2.05) is 6.07 Å². The zero-order valence-electron chi connectivity index (χ0n) is 12.1. The highest BCUT2D eigenvalue weighted by atomic mass is 35.5. The van der Waals surface area contributed by atoms with E-state index < -0.39 is 0 Å². The van der Waals surface area contributed by atoms with E-state index in [1.165, 1.54) is 29.5 Å². The second kappa shape index (κ2) is 8.18. The van der Waals surface area contributed by atoms with E-state index in [-0.39, 0.29) is 12.4 Å². The van der Waals surface area contributed by atoms with Crippen LogP contribution in [-0.2, 0) is 11.3 Å². The van der Waals surface area contributed by atoms with Crippen LogP contribution in [0.4, 0.5) is 0 Å². The van der Waals surface area contributed by atoms with Gasteiger partial charge < -0.3 is 10.1 Å². The number of hydrogen-bond donors (Lipinski definition) is 1. The molecule has 3 rings (SSSR count). The van der Waals surface area contributed by atoms with Gasteiger partial charge in [0.1, 0.15) is 0 Å². The fourth-order valence-corrected chi connectivity index (χ4v) is 2.63. The van der Waals surface area contributed by atoms with Crippen LogP contribution in [-0.4, -0.2) is 19.3 Å². The van der Waals surface area contributed by atoms with Crippen LogP contribution < -0.4 is 5.32 Å². The molecular weight excluding hydrogens is 282 g/mol. The second-order valence-electron chi connectivity index (χ2n) is 5.33. The van der Waals surface area contributed by atoms with Crippen LogP contribution in [0, 0.1) is 0 Å². The molecule has 0 spiro atoms. The summed E-state index contributed by atoms with van der Waals surface area (Å²) >= 11 is 0. The molecule has 1 saturated heterocycles. The van der Waals surface area contributed by atoms with Gasteiger partial charge in [0, 0.05) is 19.7 Å². The van der Waals surface area contributed by atoms with Crippen LogP contribution in [0.1, 0.15) is 18.4 Å². The Balaban J connectivity index is 0.00000161. The van der Waals surface area contributed by atoms with Crippen LogP contribution >= 0.6 is 12.4 Å². The van der Waals surface area contributed by atoms with Crippen molar-refractivity contribution in [2.75, 3.05) is 13.2 Å². The van der Waals surface area contributed by atoms with Gasteiger partial charge >= 0.3 is 0 Å². The summed E-state index contributed by atoms with van der Waals surface area (Å²) < 4.78 is 5.61. The molecule has 1 fully saturated rings. The summed E-state index contributed by atoms with van der Waals surface area (Å²) in [5.41, 5.74) is 3.86. The normalized spacial score (nSPS) is 17.4. The Morgan fingerprint density at radius 3 is 2.33 bits per heavy atom. The molecule has 1 N–H and O–H groups in total. The molecule has 0 amide bonds. The first-order chi connectivity index (χ1) is 9.92. The van der Waals surface area contributed by atoms with Gasteiger partial charge in [0.05, 0.1) is 6.10 Å². The quantitative estimate of drug-likeness (QED) is 0.900. The maximum atomic E-state index is 5.61. The van der Waals surface area contributed by atoms with Gasteiger partial charge in [-0.3, -0.25) is 0 Å². The zero-order chi connectivity index (χ0) is 13.6. The Morgan fingerprint density at radius 2 is 1.67 bits per heavy atom. The average Bonchev–Trinajstić information content (AvgIpc) is 3.02. The average molecular weight is 304 g/mol. The van der Waals surface area contributed by atoms with Crippen molar-refractivity contribution in [1.82, 2.24) is 5.32 Å². The molecule has 2 nitrogen and oxygen atoms in total. The first-order valence-corrected chi connectivity index (χ1v) is 7.38. The van der Waals surface area contributed by atoms with Crippen molar-refractivity contribution in [3.05, 3.63) is 60.2 Å². The monoisotopic (exact) mass is 303 g/mol. The molecule has 1 heterocycles. The summed E-state index contributed by atoms with van der Waals surface area (Å²) in [5, 5.41) is 3.48. The Kier molecular flexibility index (Phi) is 6.24. The van der Waals surface area contributed by atoms with E-state index in [9.17, 15) is 0 Å². The predicted octanol–water partition coefficient (Wildman–Crippen LogP) is 4.04. The minimum Gasteiger partial charge on any atom is -0.377 e. The SMILES string of the molecule is Cl.c1ccc(-c2ccc(CNCC3CCCO3)cc2)cc1. The van der Waals surface area contributed by atoms with E-state index in [1.54, 1.807) is 0 Å². The number of halogens is 1. The molecule has 2 aromatic rings. The summed E-state index contributed by atoms with van der Waals surface area (Å²) in [7, 11) is 0. The minimum atomic E-state index is 0. The largest absolute Gasteiger partial charge is 0.377 e. The topological polar surface area (TPSA) is 21.3 Å². The van der Waals surface area contributed by atoms with Gasteiger partial charge in [0.15, 0.2) is 0 Å². The van der Waals surface area contributed by atoms with E-state index in [0.29, 0.717) is 6.10 Å². The van der Waals surface area contributed by atoms with Crippen LogP contribution in [0.15, 0.2) is 54.6 Å². The van der Waals surface area contributed by atoms with Crippen molar-refractivity contribution in [3.8, 4) is 11.1 Å². The third-order valence-electron chi connectivity index (χ3n) is 3.79. The fraction of sp³-hybridized carbons (Fsp3) is 0.333. The Hall–Kier alpha value is -1.35. The van der Waals surface area contributed by atoms with Gasteiger partial charge in [0.25, 0.3) is 0 Å². The maximum Gasteiger partial charge on any atom is 0.0700 e. The molecule has 1 unspecified atom stereocenters. The van der Waals surface area contributed by atoms with Crippen molar-refractivity contribution in [3.63, 3.8) is 0 Å². The van der Waals surface area contributed by atoms with Gasteiger partial charge in [0.2, 0.25) is 0 Å². The summed E-state index contributed by atoms with van der Waals surface area (Å²) in [5.74, 6) is 0. The Morgan fingerprint density at radius 1 is 0.952 bits per heavy atom. The number of ether oxygens (including phenoxy) is 1. The first-order valence-electron chi connectivity index (χ1n) is 7.38. The summed E-state index contributed by atoms with van der Waals surface area (Å²) in [6.07, 6.45) is 2.82. The molecule has 1 aliphatic heterocycles. The van der Waals surface area contributed by atoms with Crippen LogP contribution in [0.2, 0.25) is 0 Å². The molecule has 0 radical (unpaired) electrons. The van der Waals surface area contributed by atoms with E-state index >= 15 is 0 Å². The first kappa shape index (κ1) is 16.0. The third kappa shape index (κ3) is 4.57. The number of hydrogen-bond acceptors (Lipinski definition) is 2. The highest BCUT2D eigenvalue weighted by Gasteiger charge is 2.14. The van der Waals surface area contributed by atoms with Crippen LogP contribution in [0.5, 0.6) is 0 Å². The standard InChI is InChI=1S/C18H21NO.ClH/c1-2-5-16(6-3-1)17-10-8-15(9-11-17)13-19-14-18-7-4-12-20-18;/h1-3,5-6,8-11,18-19H,4,7,12-14H2;1H. The fourth-order valence-electron chi connectivity index (χ4n) is 2.63. The highest BCUT2D eigenvalue weighted by Crippen LogP contribution is 2.19. The van der Waals surface area contributed by atoms with Gasteiger partial charge in [-0.25, -0.2) is 0 Å². The molecule has 0 saturated carbocycles. The number of benzene rings is 2. The van der Waals surface area contributed by atoms with E-state index in [4.69, 9.17) is 4.74 Å². The molecule has 1 aliphatic rings. The molecule has 0 aromatic heterocycles. The maximum absolute atomic E-state index is 5.61. The Bertz CT molecular complexity index is 521. The van der Waals surface area contributed by atoms with Crippen molar-refractivity contribution >= 4 is 12.4 Å². The lowest BCUT2D eigenvalue weighted by Crippen LogP contribution is -2.25. The van der Waals surface area contributed by atoms with E-state index in [0.717, 1.165) is 19.7 Å². The van der Waals surface area contributed by atoms with Crippen molar-refractivity contribution in [2.45, 2.75) is 25.5 Å². The third-order valence-corrected chi connectivity index (χ3v) is 3.79. The summed E-state index contributed by atoms with van der Waals surface area (Å²) in [4.78, 5) is 0. The van der Waals surface area contributed by atoms with Crippen molar-refractivity contribution in [2.24, 2.45) is 0 Å². The van der Waals surface area contributed by atoms with Crippen molar-refractivity contribution in [1.29, 1.82) is 0 Å². The molecule has 1 atom stereocenters. The van der Waals surface area contributed by atoms with Crippen LogP contribution in [0.3, 0.4) is 0 Å².